The van der Waals surface area contributed by atoms with Crippen molar-refractivity contribution in [1.82, 2.24) is 15.1 Å². The van der Waals surface area contributed by atoms with Crippen LogP contribution >= 0.6 is 12.4 Å². The van der Waals surface area contributed by atoms with Crippen molar-refractivity contribution in [2.24, 2.45) is 0 Å². The molecule has 0 spiro atoms. The van der Waals surface area contributed by atoms with Gasteiger partial charge >= 0.3 is 0 Å². The van der Waals surface area contributed by atoms with E-state index in [-0.39, 0.29) is 24.1 Å². The van der Waals surface area contributed by atoms with Gasteiger partial charge in [0.1, 0.15) is 5.82 Å². The average Bonchev–Trinajstić information content (AvgIpc) is 3.44. The van der Waals surface area contributed by atoms with Crippen molar-refractivity contribution in [2.75, 3.05) is 39.3 Å². The lowest BCUT2D eigenvalue weighted by Gasteiger charge is -2.29. The van der Waals surface area contributed by atoms with Gasteiger partial charge in [0.25, 0.3) is 0 Å². The number of nitrogens with one attached hydrogen (secondary N) is 1. The Morgan fingerprint density at radius 2 is 1.92 bits per heavy atom. The van der Waals surface area contributed by atoms with E-state index in [0.717, 1.165) is 44.6 Å². The first-order valence-electron chi connectivity index (χ1n) is 8.79. The summed E-state index contributed by atoms with van der Waals surface area (Å²) in [7, 11) is 0. The monoisotopic (exact) mass is 371 g/mol. The first kappa shape index (κ1) is 20.1. The summed E-state index contributed by atoms with van der Waals surface area (Å²) >= 11 is 0. The Hall–Kier alpha value is -1.21. The van der Waals surface area contributed by atoms with Crippen LogP contribution in [-0.2, 0) is 4.79 Å². The molecule has 1 aromatic rings. The number of piperazine rings is 1. The number of hydrogen-bond acceptors (Lipinski definition) is 4. The number of carbonyl (C=O) groups is 1. The van der Waals surface area contributed by atoms with E-state index in [1.54, 1.807) is 12.1 Å². The lowest BCUT2D eigenvalue weighted by atomic mass is 10.1. The second-order valence-corrected chi connectivity index (χ2v) is 6.67. The van der Waals surface area contributed by atoms with Crippen LogP contribution in [0.2, 0.25) is 0 Å². The Kier molecular flexibility index (Phi) is 7.62. The minimum atomic E-state index is -0.652. The third-order valence-electron chi connectivity index (χ3n) is 4.81. The second kappa shape index (κ2) is 9.48. The summed E-state index contributed by atoms with van der Waals surface area (Å²) in [6.45, 7) is 4.44. The van der Waals surface area contributed by atoms with Gasteiger partial charge in [0.15, 0.2) is 0 Å². The summed E-state index contributed by atoms with van der Waals surface area (Å²) in [6, 6.07) is 6.45. The molecule has 1 aliphatic heterocycles. The van der Waals surface area contributed by atoms with Crippen molar-refractivity contribution >= 4 is 18.3 Å². The number of benzene rings is 1. The molecule has 1 saturated carbocycles. The molecule has 1 unspecified atom stereocenters. The number of halogens is 2. The largest absolute Gasteiger partial charge is 0.387 e. The molecule has 0 aromatic heterocycles. The maximum absolute atomic E-state index is 13.0. The minimum Gasteiger partial charge on any atom is -0.387 e. The number of aliphatic hydroxyl groups excluding tert-OH is 1. The van der Waals surface area contributed by atoms with Gasteiger partial charge in [-0.1, -0.05) is 12.1 Å². The Labute approximate surface area is 154 Å². The van der Waals surface area contributed by atoms with Crippen LogP contribution in [0.4, 0.5) is 4.39 Å². The van der Waals surface area contributed by atoms with Crippen LogP contribution in [0.5, 0.6) is 0 Å². The van der Waals surface area contributed by atoms with Gasteiger partial charge in [0, 0.05) is 51.7 Å². The van der Waals surface area contributed by atoms with Crippen LogP contribution in [0.25, 0.3) is 0 Å². The predicted molar refractivity (Wildman–Crippen MR) is 97.3 cm³/mol. The topological polar surface area (TPSA) is 55.8 Å². The van der Waals surface area contributed by atoms with Crippen LogP contribution in [0, 0.1) is 5.82 Å². The van der Waals surface area contributed by atoms with Crippen molar-refractivity contribution in [2.45, 2.75) is 31.4 Å². The first-order valence-corrected chi connectivity index (χ1v) is 8.79. The van der Waals surface area contributed by atoms with E-state index in [1.807, 2.05) is 4.90 Å². The Balaban J connectivity index is 0.00000225. The van der Waals surface area contributed by atoms with Gasteiger partial charge in [-0.3, -0.25) is 9.69 Å². The molecular weight excluding hydrogens is 345 g/mol. The van der Waals surface area contributed by atoms with Crippen LogP contribution in [0.15, 0.2) is 24.3 Å². The zero-order valence-electron chi connectivity index (χ0n) is 14.4. The highest BCUT2D eigenvalue weighted by Gasteiger charge is 2.31. The highest BCUT2D eigenvalue weighted by Crippen LogP contribution is 2.29. The molecule has 1 amide bonds. The average molecular weight is 372 g/mol. The van der Waals surface area contributed by atoms with Gasteiger partial charge in [0.05, 0.1) is 6.10 Å². The molecule has 1 atom stereocenters. The van der Waals surface area contributed by atoms with Crippen molar-refractivity contribution in [3.8, 4) is 0 Å². The van der Waals surface area contributed by atoms with Gasteiger partial charge in [-0.15, -0.1) is 12.4 Å². The molecule has 1 heterocycles. The fourth-order valence-electron chi connectivity index (χ4n) is 3.19. The maximum atomic E-state index is 13.0. The van der Waals surface area contributed by atoms with Crippen molar-refractivity contribution in [3.05, 3.63) is 35.6 Å². The summed E-state index contributed by atoms with van der Waals surface area (Å²) in [5, 5.41) is 13.7. The standard InChI is InChI=1S/C18H26FN3O2.ClH/c19-15-3-1-14(2-4-15)17(23)13-22(16-5-6-16)10-7-18(24)21-11-8-20-9-12-21;/h1-4,16-17,20,23H,5-13H2;1H. The van der Waals surface area contributed by atoms with Gasteiger partial charge < -0.3 is 15.3 Å². The number of nitrogens with zero attached hydrogens (tertiary/aromatic N) is 2. The van der Waals surface area contributed by atoms with Crippen LogP contribution in [-0.4, -0.2) is 66.1 Å². The third kappa shape index (κ3) is 5.92. The molecule has 2 N–H and O–H groups in total. The molecule has 3 rings (SSSR count). The number of amides is 1. The van der Waals surface area contributed by atoms with Crippen molar-refractivity contribution in [3.63, 3.8) is 0 Å². The van der Waals surface area contributed by atoms with E-state index in [0.29, 0.717) is 25.6 Å². The highest BCUT2D eigenvalue weighted by molar-refractivity contribution is 5.85. The molecule has 2 fully saturated rings. The Morgan fingerprint density at radius 3 is 2.52 bits per heavy atom. The zero-order chi connectivity index (χ0) is 16.9. The molecule has 1 aromatic carbocycles. The SMILES string of the molecule is Cl.O=C(CCN(CC(O)c1ccc(F)cc1)C1CC1)N1CCNCC1. The zero-order valence-corrected chi connectivity index (χ0v) is 15.2. The summed E-state index contributed by atoms with van der Waals surface area (Å²) in [5.41, 5.74) is 0.718. The first-order chi connectivity index (χ1) is 11.6. The Bertz CT molecular complexity index is 548. The van der Waals surface area contributed by atoms with Gasteiger partial charge in [-0.05, 0) is 30.5 Å². The van der Waals surface area contributed by atoms with Crippen LogP contribution in [0.3, 0.4) is 0 Å². The number of hydrogen-bond donors (Lipinski definition) is 2. The summed E-state index contributed by atoms with van der Waals surface area (Å²) in [6.07, 6.45) is 2.09. The summed E-state index contributed by atoms with van der Waals surface area (Å²) in [4.78, 5) is 16.4. The third-order valence-corrected chi connectivity index (χ3v) is 4.81. The van der Waals surface area contributed by atoms with E-state index in [4.69, 9.17) is 0 Å². The van der Waals surface area contributed by atoms with Crippen LogP contribution < -0.4 is 5.32 Å². The van der Waals surface area contributed by atoms with Crippen LogP contribution in [0.1, 0.15) is 30.9 Å². The lowest BCUT2D eigenvalue weighted by Crippen LogP contribution is -2.47. The maximum Gasteiger partial charge on any atom is 0.223 e. The molecule has 1 aliphatic carbocycles. The summed E-state index contributed by atoms with van der Waals surface area (Å²) in [5.74, 6) is -0.106. The van der Waals surface area contributed by atoms with Crippen molar-refractivity contribution < 1.29 is 14.3 Å². The molecule has 1 saturated heterocycles. The van der Waals surface area contributed by atoms with E-state index < -0.39 is 6.10 Å². The quantitative estimate of drug-likeness (QED) is 0.764. The summed E-state index contributed by atoms with van der Waals surface area (Å²) < 4.78 is 13.0. The van der Waals surface area contributed by atoms with Gasteiger partial charge in [-0.2, -0.15) is 0 Å². The van der Waals surface area contributed by atoms with Crippen molar-refractivity contribution in [1.29, 1.82) is 0 Å². The van der Waals surface area contributed by atoms with E-state index in [9.17, 15) is 14.3 Å². The van der Waals surface area contributed by atoms with E-state index >= 15 is 0 Å². The fraction of sp³-hybridized carbons (Fsp3) is 0.611. The second-order valence-electron chi connectivity index (χ2n) is 6.67. The highest BCUT2D eigenvalue weighted by atomic mass is 35.5. The number of aliphatic hydroxyl groups is 1. The minimum absolute atomic E-state index is 0. The molecule has 2 aliphatic rings. The molecule has 5 nitrogen and oxygen atoms in total. The fourth-order valence-corrected chi connectivity index (χ4v) is 3.19. The van der Waals surface area contributed by atoms with E-state index in [2.05, 4.69) is 10.2 Å². The van der Waals surface area contributed by atoms with E-state index in [1.165, 1.54) is 12.1 Å². The predicted octanol–water partition coefficient (Wildman–Crippen LogP) is 1.57. The lowest BCUT2D eigenvalue weighted by molar-refractivity contribution is -0.132. The molecular formula is C18H27ClFN3O2. The normalized spacial score (nSPS) is 18.8. The molecule has 7 heteroatoms. The molecule has 0 bridgehead atoms. The number of rotatable bonds is 7. The molecule has 25 heavy (non-hydrogen) atoms. The van der Waals surface area contributed by atoms with Gasteiger partial charge in [-0.25, -0.2) is 4.39 Å². The Morgan fingerprint density at radius 1 is 1.28 bits per heavy atom. The smallest absolute Gasteiger partial charge is 0.223 e. The molecule has 0 radical (unpaired) electrons. The molecule has 140 valence electrons. The number of carbonyl (C=O) groups excluding carboxylic acids is 1. The van der Waals surface area contributed by atoms with Gasteiger partial charge in [0.2, 0.25) is 5.91 Å².